The van der Waals surface area contributed by atoms with Crippen LogP contribution in [0.1, 0.15) is 19.5 Å². The number of alkyl halides is 3. The number of morpholine rings is 1. The SMILES string of the molecule is C[C@@H]1CN(c2ccc(Nc3nccc(C(F)(F)F)n3)cc2)C[C@@H](C)O1. The lowest BCUT2D eigenvalue weighted by atomic mass is 10.2. The van der Waals surface area contributed by atoms with Crippen molar-refractivity contribution in [2.45, 2.75) is 32.2 Å². The van der Waals surface area contributed by atoms with Gasteiger partial charge in [0.25, 0.3) is 0 Å². The number of rotatable bonds is 3. The third-order valence-electron chi connectivity index (χ3n) is 3.85. The van der Waals surface area contributed by atoms with Crippen LogP contribution < -0.4 is 10.2 Å². The zero-order valence-corrected chi connectivity index (χ0v) is 13.9. The van der Waals surface area contributed by atoms with Crippen molar-refractivity contribution in [1.82, 2.24) is 9.97 Å². The first-order valence-electron chi connectivity index (χ1n) is 7.99. The molecule has 0 saturated carbocycles. The number of benzene rings is 1. The second-order valence-electron chi connectivity index (χ2n) is 6.10. The van der Waals surface area contributed by atoms with Gasteiger partial charge in [-0.3, -0.25) is 0 Å². The maximum absolute atomic E-state index is 12.7. The highest BCUT2D eigenvalue weighted by atomic mass is 19.4. The Bertz CT molecular complexity index is 711. The maximum atomic E-state index is 12.7. The summed E-state index contributed by atoms with van der Waals surface area (Å²) in [6.07, 6.45) is -3.10. The van der Waals surface area contributed by atoms with Crippen LogP contribution in [-0.4, -0.2) is 35.3 Å². The Hall–Kier alpha value is -2.35. The molecule has 2 heterocycles. The molecule has 0 amide bonds. The van der Waals surface area contributed by atoms with Gasteiger partial charge >= 0.3 is 6.18 Å². The van der Waals surface area contributed by atoms with Gasteiger partial charge in [0.1, 0.15) is 5.69 Å². The molecule has 1 aliphatic heterocycles. The summed E-state index contributed by atoms with van der Waals surface area (Å²) in [5, 5.41) is 2.80. The van der Waals surface area contributed by atoms with E-state index in [0.717, 1.165) is 31.0 Å². The van der Waals surface area contributed by atoms with Crippen LogP contribution in [0.15, 0.2) is 36.5 Å². The summed E-state index contributed by atoms with van der Waals surface area (Å²) in [6.45, 7) is 5.66. The van der Waals surface area contributed by atoms with Crippen LogP contribution in [0.3, 0.4) is 0 Å². The average molecular weight is 352 g/mol. The summed E-state index contributed by atoms with van der Waals surface area (Å²) in [5.41, 5.74) is 0.688. The number of anilines is 3. The van der Waals surface area contributed by atoms with E-state index in [4.69, 9.17) is 4.74 Å². The standard InChI is InChI=1S/C17H19F3N4O/c1-11-9-24(10-12(2)25-11)14-5-3-13(4-6-14)22-16-21-8-7-15(23-16)17(18,19)20/h3-8,11-12H,9-10H2,1-2H3,(H,21,22,23)/t11-,12-/m1/s1. The molecule has 0 spiro atoms. The molecule has 1 fully saturated rings. The minimum atomic E-state index is -4.49. The fourth-order valence-electron chi connectivity index (χ4n) is 2.85. The van der Waals surface area contributed by atoms with Gasteiger partial charge in [-0.2, -0.15) is 13.2 Å². The first-order chi connectivity index (χ1) is 11.8. The molecule has 3 rings (SSSR count). The maximum Gasteiger partial charge on any atom is 0.433 e. The van der Waals surface area contributed by atoms with E-state index in [1.807, 2.05) is 26.0 Å². The third-order valence-corrected chi connectivity index (χ3v) is 3.85. The molecule has 8 heteroatoms. The molecular formula is C17H19F3N4O. The molecule has 25 heavy (non-hydrogen) atoms. The molecule has 0 bridgehead atoms. The van der Waals surface area contributed by atoms with Crippen LogP contribution >= 0.6 is 0 Å². The minimum absolute atomic E-state index is 0.0869. The molecular weight excluding hydrogens is 333 g/mol. The largest absolute Gasteiger partial charge is 0.433 e. The van der Waals surface area contributed by atoms with Crippen LogP contribution in [0.4, 0.5) is 30.5 Å². The molecule has 2 atom stereocenters. The smallest absolute Gasteiger partial charge is 0.372 e. The lowest BCUT2D eigenvalue weighted by Gasteiger charge is -2.36. The lowest BCUT2D eigenvalue weighted by molar-refractivity contribution is -0.141. The van der Waals surface area contributed by atoms with Gasteiger partial charge in [-0.1, -0.05) is 0 Å². The van der Waals surface area contributed by atoms with Gasteiger partial charge in [0.2, 0.25) is 5.95 Å². The minimum Gasteiger partial charge on any atom is -0.372 e. The number of aromatic nitrogens is 2. The Morgan fingerprint density at radius 1 is 1.08 bits per heavy atom. The van der Waals surface area contributed by atoms with E-state index in [1.165, 1.54) is 0 Å². The fourth-order valence-corrected chi connectivity index (χ4v) is 2.85. The van der Waals surface area contributed by atoms with Crippen LogP contribution in [0.2, 0.25) is 0 Å². The Balaban J connectivity index is 1.71. The topological polar surface area (TPSA) is 50.3 Å². The summed E-state index contributed by atoms with van der Waals surface area (Å²) in [6, 6.07) is 8.27. The van der Waals surface area contributed by atoms with E-state index >= 15 is 0 Å². The van der Waals surface area contributed by atoms with Crippen molar-refractivity contribution >= 4 is 17.3 Å². The molecule has 1 aromatic carbocycles. The summed E-state index contributed by atoms with van der Waals surface area (Å²) in [5.74, 6) is -0.0869. The van der Waals surface area contributed by atoms with Crippen LogP contribution in [-0.2, 0) is 10.9 Å². The van der Waals surface area contributed by atoms with Crippen LogP contribution in [0.5, 0.6) is 0 Å². The van der Waals surface area contributed by atoms with Gasteiger partial charge in [0.05, 0.1) is 12.2 Å². The summed E-state index contributed by atoms with van der Waals surface area (Å²) in [4.78, 5) is 9.55. The summed E-state index contributed by atoms with van der Waals surface area (Å²) >= 11 is 0. The van der Waals surface area contributed by atoms with Crippen molar-refractivity contribution in [3.63, 3.8) is 0 Å². The van der Waals surface area contributed by atoms with E-state index < -0.39 is 11.9 Å². The van der Waals surface area contributed by atoms with Crippen molar-refractivity contribution in [2.24, 2.45) is 0 Å². The Labute approximate surface area is 143 Å². The fraction of sp³-hybridized carbons (Fsp3) is 0.412. The third kappa shape index (κ3) is 4.39. The number of ether oxygens (including phenoxy) is 1. The molecule has 5 nitrogen and oxygen atoms in total. The molecule has 2 aromatic rings. The van der Waals surface area contributed by atoms with Gasteiger partial charge in [-0.15, -0.1) is 0 Å². The van der Waals surface area contributed by atoms with Crippen LogP contribution in [0, 0.1) is 0 Å². The first kappa shape index (κ1) is 17.5. The van der Waals surface area contributed by atoms with Crippen molar-refractivity contribution in [3.05, 3.63) is 42.2 Å². The lowest BCUT2D eigenvalue weighted by Crippen LogP contribution is -2.45. The number of hydrogen-bond donors (Lipinski definition) is 1. The predicted octanol–water partition coefficient (Wildman–Crippen LogP) is 3.85. The van der Waals surface area contributed by atoms with Gasteiger partial charge < -0.3 is 15.0 Å². The number of nitrogens with zero attached hydrogens (tertiary/aromatic N) is 3. The highest BCUT2D eigenvalue weighted by Crippen LogP contribution is 2.28. The highest BCUT2D eigenvalue weighted by Gasteiger charge is 2.32. The van der Waals surface area contributed by atoms with Crippen molar-refractivity contribution < 1.29 is 17.9 Å². The molecule has 0 radical (unpaired) electrons. The molecule has 0 aliphatic carbocycles. The number of hydrogen-bond acceptors (Lipinski definition) is 5. The molecule has 1 aliphatic rings. The molecule has 1 N–H and O–H groups in total. The zero-order valence-electron chi connectivity index (χ0n) is 13.9. The van der Waals surface area contributed by atoms with Crippen molar-refractivity contribution in [2.75, 3.05) is 23.3 Å². The number of halogens is 3. The Kier molecular flexibility index (Phi) is 4.80. The van der Waals surface area contributed by atoms with E-state index in [-0.39, 0.29) is 18.2 Å². The van der Waals surface area contributed by atoms with Crippen molar-refractivity contribution in [1.29, 1.82) is 0 Å². The van der Waals surface area contributed by atoms with Gasteiger partial charge in [-0.05, 0) is 44.2 Å². The normalized spacial score (nSPS) is 21.2. The summed E-state index contributed by atoms with van der Waals surface area (Å²) in [7, 11) is 0. The van der Waals surface area contributed by atoms with Gasteiger partial charge in [0, 0.05) is 30.7 Å². The number of nitrogens with one attached hydrogen (secondary N) is 1. The predicted molar refractivity (Wildman–Crippen MR) is 89.0 cm³/mol. The van der Waals surface area contributed by atoms with Gasteiger partial charge in [0.15, 0.2) is 0 Å². The quantitative estimate of drug-likeness (QED) is 0.909. The average Bonchev–Trinajstić information content (AvgIpc) is 2.54. The van der Waals surface area contributed by atoms with E-state index in [1.54, 1.807) is 12.1 Å². The Morgan fingerprint density at radius 2 is 1.72 bits per heavy atom. The zero-order chi connectivity index (χ0) is 18.0. The Morgan fingerprint density at radius 3 is 2.32 bits per heavy atom. The monoisotopic (exact) mass is 352 g/mol. The van der Waals surface area contributed by atoms with E-state index in [0.29, 0.717) is 5.69 Å². The van der Waals surface area contributed by atoms with Gasteiger partial charge in [-0.25, -0.2) is 9.97 Å². The molecule has 134 valence electrons. The second-order valence-corrected chi connectivity index (χ2v) is 6.10. The van der Waals surface area contributed by atoms with E-state index in [2.05, 4.69) is 20.2 Å². The molecule has 1 aromatic heterocycles. The second kappa shape index (κ2) is 6.87. The first-order valence-corrected chi connectivity index (χ1v) is 7.99. The van der Waals surface area contributed by atoms with E-state index in [9.17, 15) is 13.2 Å². The van der Waals surface area contributed by atoms with Crippen molar-refractivity contribution in [3.8, 4) is 0 Å². The highest BCUT2D eigenvalue weighted by molar-refractivity contribution is 5.59. The summed E-state index contributed by atoms with van der Waals surface area (Å²) < 4.78 is 43.8. The molecule has 0 unspecified atom stereocenters. The molecule has 1 saturated heterocycles. The van der Waals surface area contributed by atoms with Crippen LogP contribution in [0.25, 0.3) is 0 Å².